The topological polar surface area (TPSA) is 90.7 Å². The van der Waals surface area contributed by atoms with Crippen molar-refractivity contribution in [1.29, 1.82) is 0 Å². The highest BCUT2D eigenvalue weighted by Crippen LogP contribution is 2.30. The Morgan fingerprint density at radius 1 is 1.28 bits per heavy atom. The van der Waals surface area contributed by atoms with Gasteiger partial charge in [-0.25, -0.2) is 8.42 Å². The van der Waals surface area contributed by atoms with E-state index in [2.05, 4.69) is 4.72 Å². The molecule has 0 fully saturated rings. The van der Waals surface area contributed by atoms with E-state index in [9.17, 15) is 8.42 Å². The normalized spacial score (nSPS) is 12.9. The maximum Gasteiger partial charge on any atom is 0.236 e. The van der Waals surface area contributed by atoms with Crippen LogP contribution in [0.25, 0.3) is 0 Å². The number of ether oxygens (including phenoxy) is 2. The second-order valence-electron chi connectivity index (χ2n) is 3.76. The minimum atomic E-state index is -3.48. The first kappa shape index (κ1) is 14.6. The Labute approximate surface area is 107 Å². The summed E-state index contributed by atoms with van der Waals surface area (Å²) in [5.41, 5.74) is 5.76. The number of anilines is 1. The van der Waals surface area contributed by atoms with Crippen LogP contribution in [0.2, 0.25) is 0 Å². The van der Waals surface area contributed by atoms with Crippen molar-refractivity contribution in [3.05, 3.63) is 18.2 Å². The molecule has 1 aromatic carbocycles. The molecule has 0 amide bonds. The van der Waals surface area contributed by atoms with E-state index in [1.807, 2.05) is 0 Å². The Bertz CT molecular complexity index is 502. The van der Waals surface area contributed by atoms with Gasteiger partial charge in [0.1, 0.15) is 0 Å². The van der Waals surface area contributed by atoms with Crippen molar-refractivity contribution in [3.8, 4) is 11.5 Å². The van der Waals surface area contributed by atoms with Crippen LogP contribution in [-0.4, -0.2) is 34.4 Å². The molecule has 0 bridgehead atoms. The van der Waals surface area contributed by atoms with Crippen LogP contribution in [0.4, 0.5) is 5.69 Å². The SMILES string of the molecule is COc1ccc(NS(=O)(=O)C(C)CN)cc1OC. The fourth-order valence-corrected chi connectivity index (χ4v) is 2.20. The quantitative estimate of drug-likeness (QED) is 0.800. The van der Waals surface area contributed by atoms with E-state index in [4.69, 9.17) is 15.2 Å². The van der Waals surface area contributed by atoms with Crippen molar-refractivity contribution in [2.45, 2.75) is 12.2 Å². The van der Waals surface area contributed by atoms with Crippen LogP contribution in [0.15, 0.2) is 18.2 Å². The zero-order valence-corrected chi connectivity index (χ0v) is 11.5. The molecule has 0 radical (unpaired) electrons. The van der Waals surface area contributed by atoms with Crippen LogP contribution in [0, 0.1) is 0 Å². The summed E-state index contributed by atoms with van der Waals surface area (Å²) in [5.74, 6) is 0.991. The highest BCUT2D eigenvalue weighted by Gasteiger charge is 2.19. The molecule has 6 nitrogen and oxygen atoms in total. The summed E-state index contributed by atoms with van der Waals surface area (Å²) < 4.78 is 36.3. The lowest BCUT2D eigenvalue weighted by Crippen LogP contribution is -2.31. The summed E-state index contributed by atoms with van der Waals surface area (Å²) >= 11 is 0. The molecule has 0 aromatic heterocycles. The zero-order valence-electron chi connectivity index (χ0n) is 10.6. The number of rotatable bonds is 6. The van der Waals surface area contributed by atoms with Gasteiger partial charge in [-0.15, -0.1) is 0 Å². The molecular formula is C11H18N2O4S. The lowest BCUT2D eigenvalue weighted by molar-refractivity contribution is 0.355. The number of nitrogens with two attached hydrogens (primary N) is 1. The molecule has 0 heterocycles. The molecule has 0 saturated heterocycles. The average Bonchev–Trinajstić information content (AvgIpc) is 2.36. The van der Waals surface area contributed by atoms with Gasteiger partial charge in [0, 0.05) is 12.6 Å². The Hall–Kier alpha value is -1.47. The second-order valence-corrected chi connectivity index (χ2v) is 5.86. The van der Waals surface area contributed by atoms with E-state index in [-0.39, 0.29) is 6.54 Å². The van der Waals surface area contributed by atoms with Crippen molar-refractivity contribution in [1.82, 2.24) is 0 Å². The van der Waals surface area contributed by atoms with Gasteiger partial charge >= 0.3 is 0 Å². The first-order valence-corrected chi connectivity index (χ1v) is 6.93. The number of nitrogens with one attached hydrogen (secondary N) is 1. The van der Waals surface area contributed by atoms with Crippen LogP contribution >= 0.6 is 0 Å². The highest BCUT2D eigenvalue weighted by molar-refractivity contribution is 7.93. The third-order valence-electron chi connectivity index (χ3n) is 2.51. The van der Waals surface area contributed by atoms with Crippen LogP contribution in [-0.2, 0) is 10.0 Å². The van der Waals surface area contributed by atoms with Gasteiger partial charge in [-0.3, -0.25) is 4.72 Å². The first-order chi connectivity index (χ1) is 8.44. The molecule has 3 N–H and O–H groups in total. The van der Waals surface area contributed by atoms with Crippen molar-refractivity contribution in [2.24, 2.45) is 5.73 Å². The van der Waals surface area contributed by atoms with Gasteiger partial charge in [0.25, 0.3) is 0 Å². The first-order valence-electron chi connectivity index (χ1n) is 5.38. The summed E-state index contributed by atoms with van der Waals surface area (Å²) in [6.07, 6.45) is 0. The van der Waals surface area contributed by atoms with Gasteiger partial charge in [-0.2, -0.15) is 0 Å². The summed E-state index contributed by atoms with van der Waals surface area (Å²) in [6.45, 7) is 1.60. The van der Waals surface area contributed by atoms with E-state index >= 15 is 0 Å². The number of sulfonamides is 1. The smallest absolute Gasteiger partial charge is 0.236 e. The molecule has 102 valence electrons. The number of methoxy groups -OCH3 is 2. The van der Waals surface area contributed by atoms with Crippen LogP contribution < -0.4 is 19.9 Å². The van der Waals surface area contributed by atoms with E-state index in [0.717, 1.165) is 0 Å². The van der Waals surface area contributed by atoms with E-state index < -0.39 is 15.3 Å². The monoisotopic (exact) mass is 274 g/mol. The highest BCUT2D eigenvalue weighted by atomic mass is 32.2. The zero-order chi connectivity index (χ0) is 13.8. The van der Waals surface area contributed by atoms with Gasteiger partial charge < -0.3 is 15.2 Å². The third kappa shape index (κ3) is 3.27. The molecule has 0 aliphatic rings. The largest absolute Gasteiger partial charge is 0.493 e. The molecule has 0 saturated carbocycles. The van der Waals surface area contributed by atoms with Crippen LogP contribution in [0.1, 0.15) is 6.92 Å². The lowest BCUT2D eigenvalue weighted by Gasteiger charge is -2.14. The summed E-state index contributed by atoms with van der Waals surface area (Å²) in [5, 5.41) is -0.661. The molecule has 1 atom stereocenters. The lowest BCUT2D eigenvalue weighted by atomic mass is 10.3. The molecule has 1 rings (SSSR count). The van der Waals surface area contributed by atoms with Crippen molar-refractivity contribution < 1.29 is 17.9 Å². The number of hydrogen-bond acceptors (Lipinski definition) is 5. The molecule has 7 heteroatoms. The van der Waals surface area contributed by atoms with Crippen molar-refractivity contribution in [2.75, 3.05) is 25.5 Å². The maximum absolute atomic E-state index is 11.8. The fourth-order valence-electron chi connectivity index (χ4n) is 1.29. The van der Waals surface area contributed by atoms with Gasteiger partial charge in [0.2, 0.25) is 10.0 Å². The van der Waals surface area contributed by atoms with Crippen molar-refractivity contribution in [3.63, 3.8) is 0 Å². The molecule has 18 heavy (non-hydrogen) atoms. The van der Waals surface area contributed by atoms with E-state index in [0.29, 0.717) is 17.2 Å². The Balaban J connectivity index is 2.99. The minimum absolute atomic E-state index is 0.0582. The van der Waals surface area contributed by atoms with E-state index in [1.54, 1.807) is 25.1 Å². The van der Waals surface area contributed by atoms with Gasteiger partial charge in [-0.1, -0.05) is 0 Å². The van der Waals surface area contributed by atoms with Gasteiger partial charge in [-0.05, 0) is 19.1 Å². The fraction of sp³-hybridized carbons (Fsp3) is 0.455. The Kier molecular flexibility index (Phi) is 4.80. The molecule has 1 unspecified atom stereocenters. The maximum atomic E-state index is 11.8. The van der Waals surface area contributed by atoms with Crippen LogP contribution in [0.3, 0.4) is 0 Å². The Morgan fingerprint density at radius 2 is 1.89 bits per heavy atom. The summed E-state index contributed by atoms with van der Waals surface area (Å²) in [4.78, 5) is 0. The molecule has 0 aliphatic heterocycles. The standard InChI is InChI=1S/C11H18N2O4S/c1-8(7-12)18(14,15)13-9-4-5-10(16-2)11(6-9)17-3/h4-6,8,13H,7,12H2,1-3H3. The summed E-state index contributed by atoms with van der Waals surface area (Å²) in [7, 11) is -0.482. The third-order valence-corrected chi connectivity index (χ3v) is 4.28. The molecule has 0 aliphatic carbocycles. The Morgan fingerprint density at radius 3 is 2.39 bits per heavy atom. The minimum Gasteiger partial charge on any atom is -0.493 e. The number of benzene rings is 1. The molecular weight excluding hydrogens is 256 g/mol. The average molecular weight is 274 g/mol. The van der Waals surface area contributed by atoms with Crippen molar-refractivity contribution >= 4 is 15.7 Å². The molecule has 1 aromatic rings. The van der Waals surface area contributed by atoms with Gasteiger partial charge in [0.15, 0.2) is 11.5 Å². The second kappa shape index (κ2) is 5.92. The molecule has 0 spiro atoms. The van der Waals surface area contributed by atoms with Gasteiger partial charge in [0.05, 0.1) is 25.2 Å². The van der Waals surface area contributed by atoms with E-state index in [1.165, 1.54) is 14.2 Å². The van der Waals surface area contributed by atoms with Crippen LogP contribution in [0.5, 0.6) is 11.5 Å². The number of hydrogen-bond donors (Lipinski definition) is 2. The predicted molar refractivity (Wildman–Crippen MR) is 70.6 cm³/mol. The summed E-state index contributed by atoms with van der Waals surface area (Å²) in [6, 6.07) is 4.78. The predicted octanol–water partition coefficient (Wildman–Crippen LogP) is 0.793.